The molecule has 41 heavy (non-hydrogen) atoms. The summed E-state index contributed by atoms with van der Waals surface area (Å²) in [6.45, 7) is -0.681. The molecule has 9 nitrogen and oxygen atoms in total. The van der Waals surface area contributed by atoms with E-state index < -0.39 is 48.1 Å². The van der Waals surface area contributed by atoms with Crippen LogP contribution in [0.4, 0.5) is 31.1 Å². The molecule has 0 bridgehead atoms. The molecule has 4 heterocycles. The van der Waals surface area contributed by atoms with Gasteiger partial charge in [-0.25, -0.2) is 27.5 Å². The lowest BCUT2D eigenvalue weighted by Gasteiger charge is -2.32. The van der Waals surface area contributed by atoms with E-state index in [-0.39, 0.29) is 68.7 Å². The summed E-state index contributed by atoms with van der Waals surface area (Å²) in [7, 11) is 0. The topological polar surface area (TPSA) is 106 Å². The number of aromatic nitrogens is 4. The van der Waals surface area contributed by atoms with Crippen LogP contribution in [0.1, 0.15) is 78.2 Å². The molecule has 3 aliphatic rings. The maximum atomic E-state index is 14.7. The molecule has 1 N–H and O–H groups in total. The highest BCUT2D eigenvalue weighted by Gasteiger charge is 2.50. The van der Waals surface area contributed by atoms with E-state index in [4.69, 9.17) is 4.52 Å². The van der Waals surface area contributed by atoms with E-state index in [0.29, 0.717) is 16.9 Å². The number of ketones is 1. The fourth-order valence-electron chi connectivity index (χ4n) is 5.72. The van der Waals surface area contributed by atoms with Crippen LogP contribution in [0.2, 0.25) is 0 Å². The van der Waals surface area contributed by atoms with Crippen molar-refractivity contribution in [3.05, 3.63) is 47.2 Å². The normalized spacial score (nSPS) is 23.1. The summed E-state index contributed by atoms with van der Waals surface area (Å²) in [5.41, 5.74) is -0.541. The highest BCUT2D eigenvalue weighted by molar-refractivity contribution is 5.97. The SMILES string of the molecule is O=C(C[C@H](c1cn2ncc(CN3C[C@@H](C(F)(F)F)NC3=O)cc2n1)C1CCC(F)(F)CC1)c1conc1C1(F)CC1. The molecule has 1 aliphatic heterocycles. The molecule has 3 aromatic rings. The van der Waals surface area contributed by atoms with Crippen LogP contribution in [0.15, 0.2) is 29.2 Å². The molecule has 3 fully saturated rings. The van der Waals surface area contributed by atoms with E-state index in [1.807, 2.05) is 5.32 Å². The molecule has 0 spiro atoms. The summed E-state index contributed by atoms with van der Waals surface area (Å²) in [4.78, 5) is 31.0. The molecule has 2 amide bonds. The summed E-state index contributed by atoms with van der Waals surface area (Å²) in [5.74, 6) is -4.11. The van der Waals surface area contributed by atoms with Crippen LogP contribution in [0.25, 0.3) is 5.65 Å². The second-order valence-electron chi connectivity index (χ2n) is 11.2. The number of nitrogens with zero attached hydrogens (tertiary/aromatic N) is 5. The van der Waals surface area contributed by atoms with Crippen molar-refractivity contribution in [2.24, 2.45) is 5.92 Å². The second-order valence-corrected chi connectivity index (χ2v) is 11.2. The standard InChI is InChI=1S/C26H26F6N6O3/c27-24(5-6-24)22-17(13-41-36-22)19(39)8-16(15-1-3-25(28,29)4-2-15)18-11-38-21(34-18)7-14(9-33-38)10-37-12-20(26(30,31)32)35-23(37)40/h7,9,11,13,15-16,20H,1-6,8,10,12H2,(H,35,40)/t16-,20-/m0/s1. The van der Waals surface area contributed by atoms with E-state index in [9.17, 15) is 35.9 Å². The maximum Gasteiger partial charge on any atom is 0.410 e. The van der Waals surface area contributed by atoms with Gasteiger partial charge in [0.1, 0.15) is 18.0 Å². The molecular weight excluding hydrogens is 558 g/mol. The minimum Gasteiger partial charge on any atom is -0.364 e. The minimum atomic E-state index is -4.57. The molecule has 0 radical (unpaired) electrons. The van der Waals surface area contributed by atoms with Gasteiger partial charge in [0.25, 0.3) is 0 Å². The number of imidazole rings is 1. The van der Waals surface area contributed by atoms with Crippen molar-refractivity contribution >= 4 is 17.5 Å². The van der Waals surface area contributed by atoms with Crippen LogP contribution < -0.4 is 5.32 Å². The highest BCUT2D eigenvalue weighted by Crippen LogP contribution is 2.50. The molecule has 15 heteroatoms. The average molecular weight is 585 g/mol. The number of fused-ring (bicyclic) bond motifs is 1. The lowest BCUT2D eigenvalue weighted by Crippen LogP contribution is -2.40. The van der Waals surface area contributed by atoms with Crippen LogP contribution >= 0.6 is 0 Å². The first-order valence-corrected chi connectivity index (χ1v) is 13.3. The number of halogens is 6. The van der Waals surface area contributed by atoms with Gasteiger partial charge in [0.15, 0.2) is 17.1 Å². The molecule has 2 saturated carbocycles. The predicted octanol–water partition coefficient (Wildman–Crippen LogP) is 5.31. The van der Waals surface area contributed by atoms with Crippen LogP contribution in [0, 0.1) is 5.92 Å². The summed E-state index contributed by atoms with van der Waals surface area (Å²) < 4.78 is 88.1. The van der Waals surface area contributed by atoms with Crippen LogP contribution in [0.3, 0.4) is 0 Å². The van der Waals surface area contributed by atoms with Gasteiger partial charge in [0.05, 0.1) is 30.2 Å². The highest BCUT2D eigenvalue weighted by atomic mass is 19.4. The number of carbonyl (C=O) groups is 2. The number of rotatable bonds is 8. The zero-order chi connectivity index (χ0) is 29.2. The van der Waals surface area contributed by atoms with E-state index >= 15 is 0 Å². The fraction of sp³-hybridized carbons (Fsp3) is 0.577. The van der Waals surface area contributed by atoms with Crippen LogP contribution in [0.5, 0.6) is 0 Å². The molecule has 0 unspecified atom stereocenters. The van der Waals surface area contributed by atoms with Gasteiger partial charge in [-0.15, -0.1) is 0 Å². The Morgan fingerprint density at radius 1 is 1.17 bits per heavy atom. The molecule has 220 valence electrons. The first-order valence-electron chi connectivity index (χ1n) is 13.3. The first-order chi connectivity index (χ1) is 19.3. The smallest absolute Gasteiger partial charge is 0.364 e. The third-order valence-electron chi connectivity index (χ3n) is 8.25. The van der Waals surface area contributed by atoms with Gasteiger partial charge in [-0.05, 0) is 43.2 Å². The lowest BCUT2D eigenvalue weighted by molar-refractivity contribution is -0.149. The third-order valence-corrected chi connectivity index (χ3v) is 8.25. The summed E-state index contributed by atoms with van der Waals surface area (Å²) in [5, 5.41) is 9.87. The Hall–Kier alpha value is -3.65. The molecule has 2 atom stereocenters. The molecular formula is C26H26F6N6O3. The number of carbonyl (C=O) groups excluding carboxylic acids is 2. The van der Waals surface area contributed by atoms with Crippen molar-refractivity contribution < 1.29 is 40.5 Å². The van der Waals surface area contributed by atoms with Crippen molar-refractivity contribution in [1.82, 2.24) is 30.0 Å². The monoisotopic (exact) mass is 584 g/mol. The molecule has 1 saturated heterocycles. The zero-order valence-electron chi connectivity index (χ0n) is 21.6. The Morgan fingerprint density at radius 3 is 2.56 bits per heavy atom. The van der Waals surface area contributed by atoms with Gasteiger partial charge < -0.3 is 14.7 Å². The van der Waals surface area contributed by atoms with Gasteiger partial charge >= 0.3 is 12.2 Å². The second kappa shape index (κ2) is 9.72. The Morgan fingerprint density at radius 2 is 1.90 bits per heavy atom. The van der Waals surface area contributed by atoms with Crippen LogP contribution in [-0.4, -0.2) is 61.2 Å². The predicted molar refractivity (Wildman–Crippen MR) is 129 cm³/mol. The number of nitrogens with one attached hydrogen (secondary N) is 1. The van der Waals surface area contributed by atoms with Crippen molar-refractivity contribution in [1.29, 1.82) is 0 Å². The Bertz CT molecular complexity index is 1470. The number of amides is 2. The molecule has 3 aromatic heterocycles. The van der Waals surface area contributed by atoms with Crippen molar-refractivity contribution in [3.63, 3.8) is 0 Å². The zero-order valence-corrected chi connectivity index (χ0v) is 21.6. The van der Waals surface area contributed by atoms with E-state index in [0.717, 1.165) is 11.2 Å². The number of urea groups is 1. The van der Waals surface area contributed by atoms with Crippen molar-refractivity contribution in [3.8, 4) is 0 Å². The Labute approximate surface area is 229 Å². The fourth-order valence-corrected chi connectivity index (χ4v) is 5.72. The maximum absolute atomic E-state index is 14.7. The van der Waals surface area contributed by atoms with E-state index in [2.05, 4.69) is 15.2 Å². The molecule has 0 aromatic carbocycles. The molecule has 2 aliphatic carbocycles. The van der Waals surface area contributed by atoms with E-state index in [1.54, 1.807) is 12.3 Å². The number of Topliss-reactive ketones (excluding diaryl/α,β-unsaturated/α-hetero) is 1. The Kier molecular flexibility index (Phi) is 6.53. The van der Waals surface area contributed by atoms with Crippen LogP contribution in [-0.2, 0) is 12.2 Å². The summed E-state index contributed by atoms with van der Waals surface area (Å²) in [6.07, 6.45) is -0.501. The number of hydrogen-bond donors (Lipinski definition) is 1. The minimum absolute atomic E-state index is 0.0290. The Balaban J connectivity index is 1.25. The summed E-state index contributed by atoms with van der Waals surface area (Å²) in [6, 6.07) is -1.25. The third kappa shape index (κ3) is 5.49. The van der Waals surface area contributed by atoms with Gasteiger partial charge in [-0.1, -0.05) is 5.16 Å². The first kappa shape index (κ1) is 27.5. The van der Waals surface area contributed by atoms with E-state index in [1.165, 1.54) is 10.7 Å². The van der Waals surface area contributed by atoms with Crippen molar-refractivity contribution in [2.75, 3.05) is 6.54 Å². The molecule has 6 rings (SSSR count). The van der Waals surface area contributed by atoms with Gasteiger partial charge in [-0.2, -0.15) is 18.3 Å². The number of hydrogen-bond acceptors (Lipinski definition) is 6. The van der Waals surface area contributed by atoms with Gasteiger partial charge in [0.2, 0.25) is 5.92 Å². The average Bonchev–Trinajstić information content (AvgIpc) is 3.28. The lowest BCUT2D eigenvalue weighted by atomic mass is 9.75. The van der Waals surface area contributed by atoms with Gasteiger partial charge in [-0.3, -0.25) is 4.79 Å². The van der Waals surface area contributed by atoms with Gasteiger partial charge in [0, 0.05) is 31.7 Å². The van der Waals surface area contributed by atoms with Crippen molar-refractivity contribution in [2.45, 2.75) is 81.2 Å². The quantitative estimate of drug-likeness (QED) is 0.284. The summed E-state index contributed by atoms with van der Waals surface area (Å²) >= 11 is 0. The number of alkyl halides is 6. The largest absolute Gasteiger partial charge is 0.410 e.